The second-order valence-electron chi connectivity index (χ2n) is 5.10. The number of carbonyl (C=O) groups is 1. The van der Waals surface area contributed by atoms with E-state index in [0.717, 1.165) is 0 Å². The maximum Gasteiger partial charge on any atom is 0.338 e. The fourth-order valence-corrected chi connectivity index (χ4v) is 1.45. The lowest BCUT2D eigenvalue weighted by Crippen LogP contribution is -2.23. The Balaban J connectivity index is 2.74. The van der Waals surface area contributed by atoms with Gasteiger partial charge in [-0.05, 0) is 38.5 Å². The van der Waals surface area contributed by atoms with Gasteiger partial charge >= 0.3 is 5.97 Å². The minimum Gasteiger partial charge on any atom is -0.456 e. The van der Waals surface area contributed by atoms with Gasteiger partial charge in [0, 0.05) is 13.0 Å². The van der Waals surface area contributed by atoms with Crippen molar-refractivity contribution in [3.63, 3.8) is 0 Å². The van der Waals surface area contributed by atoms with Crippen molar-refractivity contribution in [2.75, 3.05) is 6.61 Å². The molecule has 1 unspecified atom stereocenters. The van der Waals surface area contributed by atoms with E-state index in [0.29, 0.717) is 11.1 Å². The SMILES string of the molecule is CC(C)(C)OC(=O)c1ccc(C(F)CCO)cc1. The van der Waals surface area contributed by atoms with Crippen molar-refractivity contribution < 1.29 is 19.0 Å². The Bertz CT molecular complexity index is 392. The maximum absolute atomic E-state index is 13.5. The van der Waals surface area contributed by atoms with Crippen LogP contribution in [-0.2, 0) is 4.74 Å². The van der Waals surface area contributed by atoms with Gasteiger partial charge in [0.1, 0.15) is 11.8 Å². The number of hydrogen-bond acceptors (Lipinski definition) is 3. The lowest BCUT2D eigenvalue weighted by Gasteiger charge is -2.19. The van der Waals surface area contributed by atoms with Crippen LogP contribution in [0.4, 0.5) is 4.39 Å². The van der Waals surface area contributed by atoms with Gasteiger partial charge in [0.05, 0.1) is 5.56 Å². The number of esters is 1. The Morgan fingerprint density at radius 3 is 2.33 bits per heavy atom. The van der Waals surface area contributed by atoms with Crippen molar-refractivity contribution in [2.45, 2.75) is 39.0 Å². The van der Waals surface area contributed by atoms with Gasteiger partial charge < -0.3 is 9.84 Å². The van der Waals surface area contributed by atoms with Crippen LogP contribution in [-0.4, -0.2) is 23.3 Å². The number of aliphatic hydroxyl groups excluding tert-OH is 1. The van der Waals surface area contributed by atoms with E-state index in [9.17, 15) is 9.18 Å². The number of rotatable bonds is 4. The van der Waals surface area contributed by atoms with Crippen LogP contribution in [0.2, 0.25) is 0 Å². The summed E-state index contributed by atoms with van der Waals surface area (Å²) in [5.74, 6) is -0.424. The summed E-state index contributed by atoms with van der Waals surface area (Å²) in [4.78, 5) is 11.7. The van der Waals surface area contributed by atoms with Crippen molar-refractivity contribution in [2.24, 2.45) is 0 Å². The largest absolute Gasteiger partial charge is 0.456 e. The summed E-state index contributed by atoms with van der Waals surface area (Å²) in [6, 6.07) is 6.15. The van der Waals surface area contributed by atoms with Gasteiger partial charge in [-0.2, -0.15) is 0 Å². The molecule has 0 fully saturated rings. The molecule has 0 heterocycles. The van der Waals surface area contributed by atoms with Crippen LogP contribution in [0.1, 0.15) is 49.3 Å². The molecule has 0 aromatic heterocycles. The van der Waals surface area contributed by atoms with Crippen LogP contribution in [0.25, 0.3) is 0 Å². The summed E-state index contributed by atoms with van der Waals surface area (Å²) in [6.45, 7) is 5.17. The summed E-state index contributed by atoms with van der Waals surface area (Å²) >= 11 is 0. The average molecular weight is 254 g/mol. The predicted octanol–water partition coefficient (Wildman–Crippen LogP) is 3.03. The summed E-state index contributed by atoms with van der Waals surface area (Å²) in [5, 5.41) is 8.65. The first-order chi connectivity index (χ1) is 8.33. The Kier molecular flexibility index (Phi) is 4.84. The number of ether oxygens (including phenoxy) is 1. The highest BCUT2D eigenvalue weighted by Gasteiger charge is 2.18. The standard InChI is InChI=1S/C14H19FO3/c1-14(2,3)18-13(17)11-6-4-10(5-7-11)12(15)8-9-16/h4-7,12,16H,8-9H2,1-3H3. The molecule has 18 heavy (non-hydrogen) atoms. The molecule has 0 aliphatic rings. The third-order valence-corrected chi connectivity index (χ3v) is 2.29. The van der Waals surface area contributed by atoms with Gasteiger partial charge in [-0.3, -0.25) is 0 Å². The first-order valence-corrected chi connectivity index (χ1v) is 5.92. The van der Waals surface area contributed by atoms with Crippen molar-refractivity contribution in [3.05, 3.63) is 35.4 Å². The number of benzene rings is 1. The third kappa shape index (κ3) is 4.45. The van der Waals surface area contributed by atoms with E-state index in [4.69, 9.17) is 9.84 Å². The maximum atomic E-state index is 13.5. The van der Waals surface area contributed by atoms with Crippen molar-refractivity contribution >= 4 is 5.97 Å². The molecular formula is C14H19FO3. The normalized spacial score (nSPS) is 13.2. The number of alkyl halides is 1. The molecule has 1 N–H and O–H groups in total. The second kappa shape index (κ2) is 5.96. The molecule has 1 aromatic rings. The van der Waals surface area contributed by atoms with E-state index in [2.05, 4.69) is 0 Å². The molecule has 0 bridgehead atoms. The summed E-state index contributed by atoms with van der Waals surface area (Å²) in [6.07, 6.45) is -1.14. The topological polar surface area (TPSA) is 46.5 Å². The molecule has 0 spiro atoms. The fourth-order valence-electron chi connectivity index (χ4n) is 1.45. The van der Waals surface area contributed by atoms with Crippen LogP contribution >= 0.6 is 0 Å². The lowest BCUT2D eigenvalue weighted by atomic mass is 10.1. The van der Waals surface area contributed by atoms with Crippen LogP contribution in [0.5, 0.6) is 0 Å². The molecule has 0 radical (unpaired) electrons. The fraction of sp³-hybridized carbons (Fsp3) is 0.500. The molecule has 0 aliphatic heterocycles. The highest BCUT2D eigenvalue weighted by molar-refractivity contribution is 5.89. The Morgan fingerprint density at radius 2 is 1.89 bits per heavy atom. The Labute approximate surface area is 107 Å². The Hall–Kier alpha value is -1.42. The first kappa shape index (κ1) is 14.6. The molecule has 0 aliphatic carbocycles. The molecule has 4 heteroatoms. The number of carbonyl (C=O) groups excluding carboxylic acids is 1. The van der Waals surface area contributed by atoms with Gasteiger partial charge in [0.25, 0.3) is 0 Å². The van der Waals surface area contributed by atoms with Gasteiger partial charge in [-0.15, -0.1) is 0 Å². The van der Waals surface area contributed by atoms with Gasteiger partial charge in [-0.1, -0.05) is 12.1 Å². The highest BCUT2D eigenvalue weighted by Crippen LogP contribution is 2.21. The van der Waals surface area contributed by atoms with Crippen molar-refractivity contribution in [1.82, 2.24) is 0 Å². The summed E-state index contributed by atoms with van der Waals surface area (Å²) < 4.78 is 18.7. The highest BCUT2D eigenvalue weighted by atomic mass is 19.1. The number of halogens is 1. The van der Waals surface area contributed by atoms with Crippen LogP contribution in [0.3, 0.4) is 0 Å². The Morgan fingerprint density at radius 1 is 1.33 bits per heavy atom. The first-order valence-electron chi connectivity index (χ1n) is 5.92. The van der Waals surface area contributed by atoms with E-state index >= 15 is 0 Å². The van der Waals surface area contributed by atoms with Crippen LogP contribution in [0, 0.1) is 0 Å². The van der Waals surface area contributed by atoms with Crippen LogP contribution < -0.4 is 0 Å². The minimum absolute atomic E-state index is 0.0613. The molecule has 1 aromatic carbocycles. The van der Waals surface area contributed by atoms with E-state index in [1.54, 1.807) is 32.9 Å². The smallest absolute Gasteiger partial charge is 0.338 e. The molecule has 0 saturated heterocycles. The van der Waals surface area contributed by atoms with Gasteiger partial charge in [0.15, 0.2) is 0 Å². The monoisotopic (exact) mass is 254 g/mol. The molecular weight excluding hydrogens is 235 g/mol. The second-order valence-corrected chi connectivity index (χ2v) is 5.10. The van der Waals surface area contributed by atoms with Gasteiger partial charge in [-0.25, -0.2) is 9.18 Å². The quantitative estimate of drug-likeness (QED) is 0.840. The summed E-state index contributed by atoms with van der Waals surface area (Å²) in [7, 11) is 0. The predicted molar refractivity (Wildman–Crippen MR) is 67.2 cm³/mol. The van der Waals surface area contributed by atoms with E-state index in [1.165, 1.54) is 12.1 Å². The van der Waals surface area contributed by atoms with Crippen molar-refractivity contribution in [3.8, 4) is 0 Å². The van der Waals surface area contributed by atoms with Crippen LogP contribution in [0.15, 0.2) is 24.3 Å². The number of hydrogen-bond donors (Lipinski definition) is 1. The zero-order chi connectivity index (χ0) is 13.8. The zero-order valence-corrected chi connectivity index (χ0v) is 10.9. The summed E-state index contributed by atoms with van der Waals surface area (Å²) in [5.41, 5.74) is 0.302. The molecule has 1 rings (SSSR count). The lowest BCUT2D eigenvalue weighted by molar-refractivity contribution is 0.00694. The number of aliphatic hydroxyl groups is 1. The molecule has 0 amide bonds. The minimum atomic E-state index is -1.21. The molecule has 0 saturated carbocycles. The van der Waals surface area contributed by atoms with Crippen molar-refractivity contribution in [1.29, 1.82) is 0 Å². The van der Waals surface area contributed by atoms with E-state index in [1.807, 2.05) is 0 Å². The molecule has 1 atom stereocenters. The van der Waals surface area contributed by atoms with E-state index in [-0.39, 0.29) is 13.0 Å². The van der Waals surface area contributed by atoms with E-state index < -0.39 is 17.7 Å². The van der Waals surface area contributed by atoms with Gasteiger partial charge in [0.2, 0.25) is 0 Å². The zero-order valence-electron chi connectivity index (χ0n) is 10.9. The molecule has 100 valence electrons. The molecule has 3 nitrogen and oxygen atoms in total. The third-order valence-electron chi connectivity index (χ3n) is 2.29. The average Bonchev–Trinajstić information content (AvgIpc) is 2.27.